The summed E-state index contributed by atoms with van der Waals surface area (Å²) in [4.78, 5) is 0. The maximum atomic E-state index is 5.99. The Kier molecular flexibility index (Phi) is 2.21. The topological polar surface area (TPSA) is 0 Å². The van der Waals surface area contributed by atoms with Gasteiger partial charge in [0, 0.05) is 6.07 Å². The molecule has 0 saturated heterocycles. The summed E-state index contributed by atoms with van der Waals surface area (Å²) in [6, 6.07) is 7.91. The largest absolute Gasteiger partial charge is 0.297 e. The van der Waals surface area contributed by atoms with Gasteiger partial charge >= 0.3 is 0 Å². The summed E-state index contributed by atoms with van der Waals surface area (Å²) in [7, 11) is 6.30. The van der Waals surface area contributed by atoms with Crippen molar-refractivity contribution in [2.45, 2.75) is 0 Å². The Morgan fingerprint density at radius 1 is 1.09 bits per heavy atom. The number of hydrogen-bond donors (Lipinski definition) is 0. The van der Waals surface area contributed by atoms with E-state index in [0.29, 0.717) is 0 Å². The lowest BCUT2D eigenvalue weighted by atomic mass is 10.3. The average Bonchev–Trinajstić information content (AvgIpc) is 1.86. The lowest BCUT2D eigenvalue weighted by Gasteiger charge is -2.24. The SMILES string of the molecule is C[N+](C)(C)c1ccccc1Cl. The Morgan fingerprint density at radius 3 is 2.00 bits per heavy atom. The molecular weight excluding hydrogens is 158 g/mol. The second-order valence-electron chi connectivity index (χ2n) is 3.46. The minimum absolute atomic E-state index is 0.764. The van der Waals surface area contributed by atoms with Gasteiger partial charge in [0.1, 0.15) is 5.02 Å². The molecule has 60 valence electrons. The highest BCUT2D eigenvalue weighted by atomic mass is 35.5. The van der Waals surface area contributed by atoms with Crippen LogP contribution >= 0.6 is 11.6 Å². The van der Waals surface area contributed by atoms with E-state index in [1.807, 2.05) is 24.3 Å². The van der Waals surface area contributed by atoms with E-state index in [9.17, 15) is 0 Å². The van der Waals surface area contributed by atoms with E-state index in [4.69, 9.17) is 11.6 Å². The van der Waals surface area contributed by atoms with Gasteiger partial charge < -0.3 is 0 Å². The molecule has 0 aromatic heterocycles. The molecule has 0 amide bonds. The van der Waals surface area contributed by atoms with Gasteiger partial charge in [0.2, 0.25) is 0 Å². The van der Waals surface area contributed by atoms with Gasteiger partial charge in [0.15, 0.2) is 5.69 Å². The molecule has 0 saturated carbocycles. The third kappa shape index (κ3) is 1.95. The summed E-state index contributed by atoms with van der Waals surface area (Å²) in [6.07, 6.45) is 0. The van der Waals surface area contributed by atoms with Crippen molar-refractivity contribution in [3.05, 3.63) is 29.3 Å². The van der Waals surface area contributed by atoms with Gasteiger partial charge in [0.05, 0.1) is 21.1 Å². The van der Waals surface area contributed by atoms with Crippen LogP contribution in [0.25, 0.3) is 0 Å². The second-order valence-corrected chi connectivity index (χ2v) is 3.87. The molecule has 0 radical (unpaired) electrons. The number of halogens is 1. The van der Waals surface area contributed by atoms with Crippen molar-refractivity contribution in [2.24, 2.45) is 0 Å². The molecule has 0 atom stereocenters. The van der Waals surface area contributed by atoms with Crippen molar-refractivity contribution in [3.63, 3.8) is 0 Å². The van der Waals surface area contributed by atoms with E-state index in [-0.39, 0.29) is 0 Å². The van der Waals surface area contributed by atoms with Crippen molar-refractivity contribution in [1.29, 1.82) is 0 Å². The summed E-state index contributed by atoms with van der Waals surface area (Å²) in [6.45, 7) is 0. The van der Waals surface area contributed by atoms with E-state index in [1.165, 1.54) is 0 Å². The molecule has 11 heavy (non-hydrogen) atoms. The Morgan fingerprint density at radius 2 is 1.64 bits per heavy atom. The number of benzene rings is 1. The van der Waals surface area contributed by atoms with E-state index in [2.05, 4.69) is 21.1 Å². The van der Waals surface area contributed by atoms with Crippen LogP contribution in [0, 0.1) is 0 Å². The van der Waals surface area contributed by atoms with Crippen LogP contribution in [0.15, 0.2) is 24.3 Å². The zero-order valence-electron chi connectivity index (χ0n) is 7.13. The van der Waals surface area contributed by atoms with Crippen LogP contribution in [0.3, 0.4) is 0 Å². The first kappa shape index (κ1) is 8.57. The van der Waals surface area contributed by atoms with Gasteiger partial charge in [-0.3, -0.25) is 4.48 Å². The third-order valence-corrected chi connectivity index (χ3v) is 1.89. The quantitative estimate of drug-likeness (QED) is 0.569. The molecule has 0 heterocycles. The zero-order valence-corrected chi connectivity index (χ0v) is 7.89. The Labute approximate surface area is 72.8 Å². The van der Waals surface area contributed by atoms with Crippen molar-refractivity contribution < 1.29 is 0 Å². The summed E-state index contributed by atoms with van der Waals surface area (Å²) in [5, 5.41) is 0.833. The molecule has 0 bridgehead atoms. The molecular formula is C9H13ClN+. The fourth-order valence-corrected chi connectivity index (χ4v) is 1.39. The van der Waals surface area contributed by atoms with Crippen LogP contribution in [0.4, 0.5) is 5.69 Å². The molecule has 0 spiro atoms. The maximum Gasteiger partial charge on any atom is 0.151 e. The summed E-state index contributed by atoms with van der Waals surface area (Å²) < 4.78 is 0.764. The highest BCUT2D eigenvalue weighted by molar-refractivity contribution is 6.33. The van der Waals surface area contributed by atoms with Crippen molar-refractivity contribution in [1.82, 2.24) is 4.48 Å². The monoisotopic (exact) mass is 170 g/mol. The van der Waals surface area contributed by atoms with E-state index < -0.39 is 0 Å². The number of rotatable bonds is 1. The number of quaternary nitrogens is 1. The van der Waals surface area contributed by atoms with Gasteiger partial charge in [-0.05, 0) is 6.07 Å². The van der Waals surface area contributed by atoms with Crippen molar-refractivity contribution in [2.75, 3.05) is 21.1 Å². The van der Waals surface area contributed by atoms with Gasteiger partial charge in [-0.2, -0.15) is 0 Å². The predicted molar refractivity (Wildman–Crippen MR) is 51.0 cm³/mol. The number of hydrogen-bond acceptors (Lipinski definition) is 0. The molecule has 0 aliphatic carbocycles. The summed E-state index contributed by atoms with van der Waals surface area (Å²) >= 11 is 5.99. The van der Waals surface area contributed by atoms with E-state index in [0.717, 1.165) is 15.2 Å². The second kappa shape index (κ2) is 2.84. The summed E-state index contributed by atoms with van der Waals surface area (Å²) in [5.41, 5.74) is 1.15. The fraction of sp³-hybridized carbons (Fsp3) is 0.333. The first-order valence-corrected chi connectivity index (χ1v) is 3.96. The van der Waals surface area contributed by atoms with Crippen molar-refractivity contribution >= 4 is 17.3 Å². The smallest absolute Gasteiger partial charge is 0.151 e. The molecule has 1 rings (SSSR count). The number of nitrogens with zero attached hydrogens (tertiary/aromatic N) is 1. The molecule has 0 aliphatic rings. The van der Waals surface area contributed by atoms with Crippen LogP contribution in [0.1, 0.15) is 0 Å². The van der Waals surface area contributed by atoms with Crippen molar-refractivity contribution in [3.8, 4) is 0 Å². The number of para-hydroxylation sites is 1. The van der Waals surface area contributed by atoms with Gasteiger partial charge in [-0.15, -0.1) is 0 Å². The summed E-state index contributed by atoms with van der Waals surface area (Å²) in [5.74, 6) is 0. The molecule has 0 fully saturated rings. The molecule has 1 aromatic rings. The van der Waals surface area contributed by atoms with Crippen LogP contribution in [0.5, 0.6) is 0 Å². The Balaban J connectivity index is 3.14. The first-order valence-electron chi connectivity index (χ1n) is 3.58. The Bertz CT molecular complexity index is 250. The van der Waals surface area contributed by atoms with Crippen LogP contribution in [-0.4, -0.2) is 21.1 Å². The minimum Gasteiger partial charge on any atom is -0.297 e. The standard InChI is InChI=1S/C9H13ClN/c1-11(2,3)9-7-5-4-6-8(9)10/h4-7H,1-3H3/q+1. The molecule has 1 aromatic carbocycles. The van der Waals surface area contributed by atoms with E-state index in [1.54, 1.807) is 0 Å². The molecule has 2 heteroatoms. The zero-order chi connectivity index (χ0) is 8.48. The average molecular weight is 171 g/mol. The van der Waals surface area contributed by atoms with Gasteiger partial charge in [-0.1, -0.05) is 23.7 Å². The first-order chi connectivity index (χ1) is 5.02. The van der Waals surface area contributed by atoms with Gasteiger partial charge in [0.25, 0.3) is 0 Å². The normalized spacial score (nSPS) is 11.6. The lowest BCUT2D eigenvalue weighted by molar-refractivity contribution is 0.486. The lowest BCUT2D eigenvalue weighted by Crippen LogP contribution is -2.34. The third-order valence-electron chi connectivity index (χ3n) is 1.58. The minimum atomic E-state index is 0.764. The van der Waals surface area contributed by atoms with Gasteiger partial charge in [-0.25, -0.2) is 0 Å². The highest BCUT2D eigenvalue weighted by Gasteiger charge is 2.14. The van der Waals surface area contributed by atoms with E-state index >= 15 is 0 Å². The van der Waals surface area contributed by atoms with Crippen LogP contribution < -0.4 is 4.48 Å². The van der Waals surface area contributed by atoms with Crippen LogP contribution in [0.2, 0.25) is 5.02 Å². The highest BCUT2D eigenvalue weighted by Crippen LogP contribution is 2.26. The Hall–Kier alpha value is -0.530. The molecule has 1 nitrogen and oxygen atoms in total. The molecule has 0 N–H and O–H groups in total. The predicted octanol–water partition coefficient (Wildman–Crippen LogP) is 2.54. The maximum absolute atomic E-state index is 5.99. The van der Waals surface area contributed by atoms with Crippen LogP contribution in [-0.2, 0) is 0 Å². The fourth-order valence-electron chi connectivity index (χ4n) is 0.996. The molecule has 0 unspecified atom stereocenters. The molecule has 0 aliphatic heterocycles.